The van der Waals surface area contributed by atoms with Crippen LogP contribution < -0.4 is 5.32 Å². The minimum Gasteiger partial charge on any atom is -0.450 e. The number of ether oxygens (including phenoxy) is 1. The van der Waals surface area contributed by atoms with E-state index in [1.165, 1.54) is 16.9 Å². The lowest BCUT2D eigenvalue weighted by Gasteiger charge is -2.24. The highest BCUT2D eigenvalue weighted by Gasteiger charge is 2.25. The molecule has 1 aliphatic rings. The minimum absolute atomic E-state index is 0.186. The van der Waals surface area contributed by atoms with Crippen LogP contribution in [0.15, 0.2) is 54.6 Å². The van der Waals surface area contributed by atoms with E-state index in [-0.39, 0.29) is 12.0 Å². The second-order valence-electron chi connectivity index (χ2n) is 7.07. The number of anilines is 1. The maximum atomic E-state index is 12.6. The quantitative estimate of drug-likeness (QED) is 0.658. The molecular weight excluding hydrogens is 398 g/mol. The number of carbonyl (C=O) groups is 2. The number of rotatable bonds is 5. The van der Waals surface area contributed by atoms with Crippen molar-refractivity contribution in [2.45, 2.75) is 26.3 Å². The average Bonchev–Trinajstić information content (AvgIpc) is 3.16. The highest BCUT2D eigenvalue weighted by Crippen LogP contribution is 2.29. The zero-order valence-corrected chi connectivity index (χ0v) is 17.6. The van der Waals surface area contributed by atoms with Crippen molar-refractivity contribution in [3.63, 3.8) is 0 Å². The zero-order valence-electron chi connectivity index (χ0n) is 16.8. The SMILES string of the molecule is CCOC(=O)N1CCc2nc(NC(=O)c3ccc(Cc4ccccc4)cc3)sc2C1. The van der Waals surface area contributed by atoms with Crippen molar-refractivity contribution >= 4 is 28.5 Å². The van der Waals surface area contributed by atoms with Gasteiger partial charge in [0.15, 0.2) is 5.13 Å². The third kappa shape index (κ3) is 4.68. The molecule has 0 spiro atoms. The number of hydrogen-bond acceptors (Lipinski definition) is 5. The third-order valence-electron chi connectivity index (χ3n) is 4.94. The van der Waals surface area contributed by atoms with Gasteiger partial charge in [0.25, 0.3) is 5.91 Å². The van der Waals surface area contributed by atoms with Gasteiger partial charge in [0.1, 0.15) is 0 Å². The molecule has 2 heterocycles. The summed E-state index contributed by atoms with van der Waals surface area (Å²) in [7, 11) is 0. The fourth-order valence-electron chi connectivity index (χ4n) is 3.39. The molecular formula is C23H23N3O3S. The van der Waals surface area contributed by atoms with Crippen molar-refractivity contribution < 1.29 is 14.3 Å². The highest BCUT2D eigenvalue weighted by molar-refractivity contribution is 7.15. The van der Waals surface area contributed by atoms with E-state index in [0.29, 0.717) is 36.8 Å². The number of thiazole rings is 1. The molecule has 7 heteroatoms. The molecule has 0 aliphatic carbocycles. The molecule has 0 atom stereocenters. The number of hydrogen-bond donors (Lipinski definition) is 1. The molecule has 4 rings (SSSR count). The molecule has 0 unspecified atom stereocenters. The van der Waals surface area contributed by atoms with Crippen LogP contribution in [0.2, 0.25) is 0 Å². The molecule has 3 aromatic rings. The van der Waals surface area contributed by atoms with Crippen LogP contribution in [0.25, 0.3) is 0 Å². The standard InChI is InChI=1S/C23H23N3O3S/c1-2-29-23(28)26-13-12-19-20(15-26)30-22(24-19)25-21(27)18-10-8-17(9-11-18)14-16-6-4-3-5-7-16/h3-11H,2,12-15H2,1H3,(H,24,25,27). The number of benzene rings is 2. The number of nitrogens with zero attached hydrogens (tertiary/aromatic N) is 2. The van der Waals surface area contributed by atoms with Gasteiger partial charge in [-0.15, -0.1) is 0 Å². The van der Waals surface area contributed by atoms with Crippen molar-refractivity contribution in [3.05, 3.63) is 81.9 Å². The molecule has 0 bridgehead atoms. The number of aromatic nitrogens is 1. The summed E-state index contributed by atoms with van der Waals surface area (Å²) in [5, 5.41) is 3.45. The van der Waals surface area contributed by atoms with Crippen molar-refractivity contribution in [1.29, 1.82) is 0 Å². The Bertz CT molecular complexity index is 1030. The van der Waals surface area contributed by atoms with Crippen LogP contribution in [0, 0.1) is 0 Å². The summed E-state index contributed by atoms with van der Waals surface area (Å²) in [6.45, 7) is 3.19. The topological polar surface area (TPSA) is 71.5 Å². The molecule has 2 aromatic carbocycles. The van der Waals surface area contributed by atoms with E-state index in [1.807, 2.05) is 42.5 Å². The van der Waals surface area contributed by atoms with Gasteiger partial charge in [-0.3, -0.25) is 10.1 Å². The van der Waals surface area contributed by atoms with E-state index in [9.17, 15) is 9.59 Å². The summed E-state index contributed by atoms with van der Waals surface area (Å²) in [5.74, 6) is -0.186. The van der Waals surface area contributed by atoms with Crippen molar-refractivity contribution in [2.75, 3.05) is 18.5 Å². The number of carbonyl (C=O) groups excluding carboxylic acids is 2. The molecule has 6 nitrogen and oxygen atoms in total. The zero-order chi connectivity index (χ0) is 20.9. The van der Waals surface area contributed by atoms with E-state index in [2.05, 4.69) is 22.4 Å². The average molecular weight is 422 g/mol. The second kappa shape index (κ2) is 9.09. The fourth-order valence-corrected chi connectivity index (χ4v) is 4.41. The van der Waals surface area contributed by atoms with Gasteiger partial charge in [0.2, 0.25) is 0 Å². The second-order valence-corrected chi connectivity index (χ2v) is 8.16. The molecule has 2 amide bonds. The van der Waals surface area contributed by atoms with E-state index in [0.717, 1.165) is 22.6 Å². The first kappa shape index (κ1) is 20.1. The summed E-state index contributed by atoms with van der Waals surface area (Å²) in [6, 6.07) is 17.9. The Kier molecular flexibility index (Phi) is 6.09. The largest absolute Gasteiger partial charge is 0.450 e. The summed E-state index contributed by atoms with van der Waals surface area (Å²) >= 11 is 1.41. The Labute approximate surface area is 179 Å². The first-order chi connectivity index (χ1) is 14.6. The Morgan fingerprint density at radius 3 is 2.57 bits per heavy atom. The Morgan fingerprint density at radius 2 is 1.83 bits per heavy atom. The van der Waals surface area contributed by atoms with Crippen molar-refractivity contribution in [3.8, 4) is 0 Å². The first-order valence-corrected chi connectivity index (χ1v) is 10.8. The van der Waals surface area contributed by atoms with Gasteiger partial charge in [-0.1, -0.05) is 53.8 Å². The minimum atomic E-state index is -0.308. The Morgan fingerprint density at radius 1 is 1.10 bits per heavy atom. The van der Waals surface area contributed by atoms with Gasteiger partial charge >= 0.3 is 6.09 Å². The van der Waals surface area contributed by atoms with Gasteiger partial charge < -0.3 is 9.64 Å². The van der Waals surface area contributed by atoms with Gasteiger partial charge in [-0.2, -0.15) is 0 Å². The number of fused-ring (bicyclic) bond motifs is 1. The third-order valence-corrected chi connectivity index (χ3v) is 5.94. The fraction of sp³-hybridized carbons (Fsp3) is 0.261. The normalized spacial score (nSPS) is 12.9. The lowest BCUT2D eigenvalue weighted by Crippen LogP contribution is -2.35. The molecule has 30 heavy (non-hydrogen) atoms. The van der Waals surface area contributed by atoms with E-state index in [4.69, 9.17) is 4.74 Å². The van der Waals surface area contributed by atoms with Gasteiger partial charge in [0.05, 0.1) is 18.8 Å². The predicted molar refractivity (Wildman–Crippen MR) is 117 cm³/mol. The first-order valence-electron chi connectivity index (χ1n) is 9.97. The highest BCUT2D eigenvalue weighted by atomic mass is 32.1. The molecule has 0 fully saturated rings. The van der Waals surface area contributed by atoms with Crippen LogP contribution >= 0.6 is 11.3 Å². The summed E-state index contributed by atoms with van der Waals surface area (Å²) in [4.78, 5) is 31.8. The molecule has 1 aromatic heterocycles. The molecule has 0 saturated heterocycles. The van der Waals surface area contributed by atoms with E-state index >= 15 is 0 Å². The Balaban J connectivity index is 1.38. The van der Waals surface area contributed by atoms with Crippen molar-refractivity contribution in [2.24, 2.45) is 0 Å². The van der Waals surface area contributed by atoms with Crippen LogP contribution in [0.3, 0.4) is 0 Å². The molecule has 0 saturated carbocycles. The summed E-state index contributed by atoms with van der Waals surface area (Å²) < 4.78 is 5.07. The van der Waals surface area contributed by atoms with Crippen LogP contribution in [-0.2, 0) is 24.1 Å². The Hall–Kier alpha value is -3.19. The van der Waals surface area contributed by atoms with Crippen LogP contribution in [0.4, 0.5) is 9.93 Å². The van der Waals surface area contributed by atoms with Crippen LogP contribution in [-0.4, -0.2) is 35.0 Å². The van der Waals surface area contributed by atoms with E-state index in [1.54, 1.807) is 11.8 Å². The monoisotopic (exact) mass is 421 g/mol. The lowest BCUT2D eigenvalue weighted by atomic mass is 10.0. The smallest absolute Gasteiger partial charge is 0.410 e. The summed E-state index contributed by atoms with van der Waals surface area (Å²) in [5.41, 5.74) is 3.92. The number of nitrogens with one attached hydrogen (secondary N) is 1. The van der Waals surface area contributed by atoms with Gasteiger partial charge in [-0.25, -0.2) is 9.78 Å². The number of amides is 2. The maximum Gasteiger partial charge on any atom is 0.410 e. The van der Waals surface area contributed by atoms with Gasteiger partial charge in [-0.05, 0) is 36.6 Å². The molecule has 1 N–H and O–H groups in total. The molecule has 154 valence electrons. The van der Waals surface area contributed by atoms with Crippen LogP contribution in [0.5, 0.6) is 0 Å². The maximum absolute atomic E-state index is 12.6. The van der Waals surface area contributed by atoms with E-state index < -0.39 is 0 Å². The predicted octanol–water partition coefficient (Wildman–Crippen LogP) is 4.50. The van der Waals surface area contributed by atoms with Crippen LogP contribution in [0.1, 0.15) is 39.0 Å². The molecule has 0 radical (unpaired) electrons. The van der Waals surface area contributed by atoms with Crippen molar-refractivity contribution in [1.82, 2.24) is 9.88 Å². The molecule has 1 aliphatic heterocycles. The van der Waals surface area contributed by atoms with Gasteiger partial charge in [0, 0.05) is 23.4 Å². The summed E-state index contributed by atoms with van der Waals surface area (Å²) in [6.07, 6.45) is 1.19. The lowest BCUT2D eigenvalue weighted by molar-refractivity contribution is 0.102.